The van der Waals surface area contributed by atoms with Crippen LogP contribution in [0.15, 0.2) is 0 Å². The Kier molecular flexibility index (Phi) is 11.5. The lowest BCUT2D eigenvalue weighted by Gasteiger charge is -2.04. The lowest BCUT2D eigenvalue weighted by Crippen LogP contribution is -2.10. The minimum atomic E-state index is -1.42. The normalized spacial score (nSPS) is 11.9. The average Bonchev–Trinajstić information content (AvgIpc) is 2.35. The Morgan fingerprint density at radius 2 is 1.47 bits per heavy atom. The zero-order valence-corrected chi connectivity index (χ0v) is 12.3. The van der Waals surface area contributed by atoms with Crippen LogP contribution in [0.2, 0.25) is 0 Å². The third-order valence-corrected chi connectivity index (χ3v) is 3.09. The molecule has 0 N–H and O–H groups in total. The van der Waals surface area contributed by atoms with E-state index in [-0.39, 0.29) is 37.1 Å². The van der Waals surface area contributed by atoms with Crippen LogP contribution >= 0.6 is 0 Å². The molecule has 0 fully saturated rings. The second kappa shape index (κ2) is 12.1. The van der Waals surface area contributed by atoms with Gasteiger partial charge in [0, 0.05) is 12.8 Å². The molecule has 0 heterocycles. The first kappa shape index (κ1) is 18.0. The number of hydrogen-bond acceptors (Lipinski definition) is 6. The molecule has 0 aliphatic heterocycles. The molecule has 0 rings (SSSR count). The Labute approximate surface area is 116 Å². The minimum Gasteiger partial charge on any atom is -0.466 e. The SMILES string of the molecule is CCOC(=O)CCCOS(=O)CCCC(=O)OCC. The van der Waals surface area contributed by atoms with Gasteiger partial charge >= 0.3 is 11.9 Å². The van der Waals surface area contributed by atoms with E-state index < -0.39 is 11.1 Å². The van der Waals surface area contributed by atoms with E-state index in [4.69, 9.17) is 13.7 Å². The van der Waals surface area contributed by atoms with Crippen molar-refractivity contribution >= 4 is 23.0 Å². The smallest absolute Gasteiger partial charge is 0.305 e. The van der Waals surface area contributed by atoms with Crippen molar-refractivity contribution in [2.75, 3.05) is 25.6 Å². The summed E-state index contributed by atoms with van der Waals surface area (Å²) in [6.45, 7) is 4.44. The van der Waals surface area contributed by atoms with Gasteiger partial charge in [-0.1, -0.05) is 0 Å². The molecular formula is C12H22O6S. The van der Waals surface area contributed by atoms with Crippen molar-refractivity contribution in [3.63, 3.8) is 0 Å². The lowest BCUT2D eigenvalue weighted by molar-refractivity contribution is -0.144. The van der Waals surface area contributed by atoms with Gasteiger partial charge < -0.3 is 9.47 Å². The molecule has 0 aliphatic rings. The summed E-state index contributed by atoms with van der Waals surface area (Å²) in [5.41, 5.74) is 0. The van der Waals surface area contributed by atoms with Crippen LogP contribution in [-0.4, -0.2) is 41.7 Å². The van der Waals surface area contributed by atoms with Crippen LogP contribution in [0, 0.1) is 0 Å². The van der Waals surface area contributed by atoms with Gasteiger partial charge in [0.15, 0.2) is 11.1 Å². The first-order valence-electron chi connectivity index (χ1n) is 6.43. The number of carbonyl (C=O) groups is 2. The largest absolute Gasteiger partial charge is 0.466 e. The lowest BCUT2D eigenvalue weighted by atomic mass is 10.3. The fraction of sp³-hybridized carbons (Fsp3) is 0.833. The van der Waals surface area contributed by atoms with Crippen LogP contribution in [0.4, 0.5) is 0 Å². The Morgan fingerprint density at radius 3 is 2.00 bits per heavy atom. The third-order valence-electron chi connectivity index (χ3n) is 2.04. The van der Waals surface area contributed by atoms with E-state index in [9.17, 15) is 13.8 Å². The van der Waals surface area contributed by atoms with E-state index in [0.29, 0.717) is 26.1 Å². The molecule has 6 nitrogen and oxygen atoms in total. The quantitative estimate of drug-likeness (QED) is 0.423. The van der Waals surface area contributed by atoms with E-state index in [2.05, 4.69) is 0 Å². The van der Waals surface area contributed by atoms with Crippen molar-refractivity contribution in [2.45, 2.75) is 39.5 Å². The van der Waals surface area contributed by atoms with Crippen LogP contribution in [0.25, 0.3) is 0 Å². The number of esters is 2. The summed E-state index contributed by atoms with van der Waals surface area (Å²) in [5.74, 6) is -0.279. The fourth-order valence-electron chi connectivity index (χ4n) is 1.23. The molecule has 0 aliphatic carbocycles. The highest BCUT2D eigenvalue weighted by atomic mass is 32.2. The molecule has 0 spiro atoms. The standard InChI is InChI=1S/C12H22O6S/c1-3-16-11(13)7-5-9-18-19(15)10-6-8-12(14)17-4-2/h3-10H2,1-2H3. The second-order valence-electron chi connectivity index (χ2n) is 3.65. The molecule has 0 aromatic carbocycles. The molecular weight excluding hydrogens is 272 g/mol. The van der Waals surface area contributed by atoms with E-state index in [1.54, 1.807) is 13.8 Å². The van der Waals surface area contributed by atoms with Crippen molar-refractivity contribution in [1.29, 1.82) is 0 Å². The Balaban J connectivity index is 3.44. The monoisotopic (exact) mass is 294 g/mol. The molecule has 0 saturated heterocycles. The highest BCUT2D eigenvalue weighted by molar-refractivity contribution is 7.80. The molecule has 0 aromatic heterocycles. The Hall–Kier alpha value is -0.950. The first-order valence-corrected chi connectivity index (χ1v) is 7.67. The highest BCUT2D eigenvalue weighted by Crippen LogP contribution is 2.00. The van der Waals surface area contributed by atoms with Gasteiger partial charge in [0.25, 0.3) is 0 Å². The van der Waals surface area contributed by atoms with Gasteiger partial charge in [-0.05, 0) is 26.7 Å². The molecule has 0 amide bonds. The minimum absolute atomic E-state index is 0.241. The van der Waals surface area contributed by atoms with Gasteiger partial charge in [-0.3, -0.25) is 13.8 Å². The molecule has 0 bridgehead atoms. The van der Waals surface area contributed by atoms with E-state index >= 15 is 0 Å². The third kappa shape index (κ3) is 11.9. The van der Waals surface area contributed by atoms with Gasteiger partial charge in [-0.15, -0.1) is 0 Å². The van der Waals surface area contributed by atoms with E-state index in [0.717, 1.165) is 0 Å². The van der Waals surface area contributed by atoms with Gasteiger partial charge in [0.1, 0.15) is 0 Å². The zero-order chi connectivity index (χ0) is 14.5. The number of rotatable bonds is 11. The maximum Gasteiger partial charge on any atom is 0.305 e. The number of ether oxygens (including phenoxy) is 2. The molecule has 0 saturated carbocycles. The van der Waals surface area contributed by atoms with Crippen LogP contribution in [0.5, 0.6) is 0 Å². The van der Waals surface area contributed by atoms with Crippen molar-refractivity contribution < 1.29 is 27.5 Å². The van der Waals surface area contributed by atoms with Crippen molar-refractivity contribution in [3.8, 4) is 0 Å². The summed E-state index contributed by atoms with van der Waals surface area (Å²) in [5, 5.41) is 0. The summed E-state index contributed by atoms with van der Waals surface area (Å²) in [4.78, 5) is 22.0. The van der Waals surface area contributed by atoms with Crippen LogP contribution in [0.3, 0.4) is 0 Å². The maximum atomic E-state index is 11.4. The predicted octanol–water partition coefficient (Wildman–Crippen LogP) is 1.35. The van der Waals surface area contributed by atoms with Crippen LogP contribution in [-0.2, 0) is 34.3 Å². The average molecular weight is 294 g/mol. The molecule has 112 valence electrons. The topological polar surface area (TPSA) is 78.9 Å². The molecule has 7 heteroatoms. The van der Waals surface area contributed by atoms with Crippen molar-refractivity contribution in [1.82, 2.24) is 0 Å². The zero-order valence-electron chi connectivity index (χ0n) is 11.5. The number of hydrogen-bond donors (Lipinski definition) is 0. The predicted molar refractivity (Wildman–Crippen MR) is 70.7 cm³/mol. The van der Waals surface area contributed by atoms with E-state index in [1.807, 2.05) is 0 Å². The molecule has 1 atom stereocenters. The Bertz CT molecular complexity index is 292. The van der Waals surface area contributed by atoms with Crippen molar-refractivity contribution in [3.05, 3.63) is 0 Å². The summed E-state index contributed by atoms with van der Waals surface area (Å²) in [6, 6.07) is 0. The summed E-state index contributed by atoms with van der Waals surface area (Å²) in [7, 11) is 0. The van der Waals surface area contributed by atoms with Crippen molar-refractivity contribution in [2.24, 2.45) is 0 Å². The number of carbonyl (C=O) groups excluding carboxylic acids is 2. The molecule has 19 heavy (non-hydrogen) atoms. The van der Waals surface area contributed by atoms with Gasteiger partial charge in [-0.2, -0.15) is 0 Å². The molecule has 0 radical (unpaired) electrons. The van der Waals surface area contributed by atoms with Gasteiger partial charge in [0.05, 0.1) is 25.6 Å². The summed E-state index contributed by atoms with van der Waals surface area (Å²) < 4.78 is 25.9. The van der Waals surface area contributed by atoms with Crippen LogP contribution in [0.1, 0.15) is 39.5 Å². The van der Waals surface area contributed by atoms with Crippen LogP contribution < -0.4 is 0 Å². The molecule has 0 aromatic rings. The highest BCUT2D eigenvalue weighted by Gasteiger charge is 2.06. The van der Waals surface area contributed by atoms with Gasteiger partial charge in [-0.25, -0.2) is 4.21 Å². The van der Waals surface area contributed by atoms with Gasteiger partial charge in [0.2, 0.25) is 0 Å². The van der Waals surface area contributed by atoms with E-state index in [1.165, 1.54) is 0 Å². The summed E-state index contributed by atoms with van der Waals surface area (Å²) in [6.07, 6.45) is 1.44. The molecule has 1 unspecified atom stereocenters. The second-order valence-corrected chi connectivity index (χ2v) is 4.90. The summed E-state index contributed by atoms with van der Waals surface area (Å²) >= 11 is -1.42. The fourth-order valence-corrected chi connectivity index (χ4v) is 2.03. The first-order chi connectivity index (χ1) is 9.10. The maximum absolute atomic E-state index is 11.4. The Morgan fingerprint density at radius 1 is 0.947 bits per heavy atom.